The van der Waals surface area contributed by atoms with Crippen LogP contribution in [0.1, 0.15) is 29.2 Å². The van der Waals surface area contributed by atoms with Gasteiger partial charge in [0.1, 0.15) is 7.05 Å². The summed E-state index contributed by atoms with van der Waals surface area (Å²) in [6.07, 6.45) is 3.27. The first-order chi connectivity index (χ1) is 8.52. The van der Waals surface area contributed by atoms with Gasteiger partial charge in [-0.25, -0.2) is 4.57 Å². The summed E-state index contributed by atoms with van der Waals surface area (Å²) in [5.74, 6) is 0. The molecule has 0 aliphatic carbocycles. The van der Waals surface area contributed by atoms with Gasteiger partial charge in [0.05, 0.1) is 0 Å². The number of hydrogen-bond donors (Lipinski definition) is 0. The fraction of sp³-hybridized carbons (Fsp3) is 0.353. The van der Waals surface area contributed by atoms with Crippen LogP contribution in [0.2, 0.25) is 0 Å². The molecule has 0 amide bonds. The second-order valence-corrected chi connectivity index (χ2v) is 5.15. The molecule has 1 heteroatoms. The van der Waals surface area contributed by atoms with E-state index in [0.29, 0.717) is 0 Å². The van der Waals surface area contributed by atoms with E-state index in [4.69, 9.17) is 0 Å². The molecule has 1 aromatic carbocycles. The van der Waals surface area contributed by atoms with E-state index in [1.54, 1.807) is 0 Å². The van der Waals surface area contributed by atoms with Crippen molar-refractivity contribution in [3.8, 4) is 11.3 Å². The molecule has 2 aromatic rings. The summed E-state index contributed by atoms with van der Waals surface area (Å²) in [5.41, 5.74) is 8.11. The van der Waals surface area contributed by atoms with Crippen LogP contribution in [0.3, 0.4) is 0 Å². The van der Waals surface area contributed by atoms with E-state index in [-0.39, 0.29) is 0 Å². The van der Waals surface area contributed by atoms with Gasteiger partial charge in [-0.3, -0.25) is 0 Å². The predicted molar refractivity (Wildman–Crippen MR) is 76.6 cm³/mol. The van der Waals surface area contributed by atoms with Crippen LogP contribution in [-0.4, -0.2) is 0 Å². The highest BCUT2D eigenvalue weighted by Gasteiger charge is 2.13. The molecule has 2 rings (SSSR count). The van der Waals surface area contributed by atoms with Crippen molar-refractivity contribution in [1.29, 1.82) is 0 Å². The van der Waals surface area contributed by atoms with Crippen LogP contribution in [0.4, 0.5) is 0 Å². The smallest absolute Gasteiger partial charge is 0.201 e. The fourth-order valence-electron chi connectivity index (χ4n) is 2.58. The highest BCUT2D eigenvalue weighted by molar-refractivity contribution is 5.63. The van der Waals surface area contributed by atoms with Crippen LogP contribution in [-0.2, 0) is 13.5 Å². The number of hydrogen-bond acceptors (Lipinski definition) is 0. The summed E-state index contributed by atoms with van der Waals surface area (Å²) >= 11 is 0. The zero-order valence-corrected chi connectivity index (χ0v) is 12.0. The molecule has 0 N–H and O–H groups in total. The van der Waals surface area contributed by atoms with Crippen molar-refractivity contribution in [2.45, 2.75) is 34.1 Å². The summed E-state index contributed by atoms with van der Waals surface area (Å²) in [5, 5.41) is 0. The second kappa shape index (κ2) is 4.93. The first-order valence-electron chi connectivity index (χ1n) is 6.59. The average Bonchev–Trinajstić information content (AvgIpc) is 2.30. The lowest BCUT2D eigenvalue weighted by molar-refractivity contribution is -0.660. The van der Waals surface area contributed by atoms with Crippen LogP contribution in [0.15, 0.2) is 30.5 Å². The maximum absolute atomic E-state index is 2.34. The Kier molecular flexibility index (Phi) is 3.51. The van der Waals surface area contributed by atoms with Gasteiger partial charge < -0.3 is 0 Å². The maximum atomic E-state index is 2.34. The van der Waals surface area contributed by atoms with Crippen LogP contribution < -0.4 is 4.57 Å². The van der Waals surface area contributed by atoms with E-state index in [2.05, 4.69) is 69.8 Å². The quantitative estimate of drug-likeness (QED) is 0.705. The third-order valence-electron chi connectivity index (χ3n) is 3.62. The van der Waals surface area contributed by atoms with Crippen molar-refractivity contribution < 1.29 is 4.57 Å². The topological polar surface area (TPSA) is 3.88 Å². The van der Waals surface area contributed by atoms with Gasteiger partial charge in [-0.1, -0.05) is 13.0 Å². The van der Waals surface area contributed by atoms with Gasteiger partial charge in [-0.05, 0) is 56.0 Å². The van der Waals surface area contributed by atoms with Gasteiger partial charge >= 0.3 is 0 Å². The van der Waals surface area contributed by atoms with E-state index in [9.17, 15) is 0 Å². The molecule has 0 bridgehead atoms. The first kappa shape index (κ1) is 12.8. The Bertz CT molecular complexity index is 582. The van der Waals surface area contributed by atoms with Gasteiger partial charge in [-0.15, -0.1) is 0 Å². The third-order valence-corrected chi connectivity index (χ3v) is 3.62. The lowest BCUT2D eigenvalue weighted by Crippen LogP contribution is -2.31. The molecular formula is C17H22N+. The molecule has 0 aliphatic heterocycles. The van der Waals surface area contributed by atoms with Gasteiger partial charge in [-0.2, -0.15) is 0 Å². The van der Waals surface area contributed by atoms with Crippen LogP contribution in [0.25, 0.3) is 11.3 Å². The molecule has 0 atom stereocenters. The molecule has 94 valence electrons. The SMILES string of the molecule is CCc1cc(-c2ccc(C)c[n+]2C)c(C)cc1C. The Morgan fingerprint density at radius 3 is 2.33 bits per heavy atom. The lowest BCUT2D eigenvalue weighted by Gasteiger charge is -2.10. The average molecular weight is 240 g/mol. The molecule has 0 saturated carbocycles. The van der Waals surface area contributed by atoms with E-state index < -0.39 is 0 Å². The second-order valence-electron chi connectivity index (χ2n) is 5.15. The van der Waals surface area contributed by atoms with Gasteiger partial charge in [0.2, 0.25) is 5.69 Å². The molecular weight excluding hydrogens is 218 g/mol. The van der Waals surface area contributed by atoms with E-state index in [1.165, 1.54) is 33.5 Å². The predicted octanol–water partition coefficient (Wildman–Crippen LogP) is 3.67. The Balaban J connectivity index is 2.63. The van der Waals surface area contributed by atoms with Gasteiger partial charge in [0.15, 0.2) is 6.20 Å². The molecule has 1 nitrogen and oxygen atoms in total. The normalized spacial score (nSPS) is 10.7. The molecule has 0 unspecified atom stereocenters. The van der Waals surface area contributed by atoms with Gasteiger partial charge in [0, 0.05) is 17.2 Å². The molecule has 0 radical (unpaired) electrons. The monoisotopic (exact) mass is 240 g/mol. The Hall–Kier alpha value is -1.63. The number of nitrogens with zero attached hydrogens (tertiary/aromatic N) is 1. The van der Waals surface area contributed by atoms with E-state index in [1.807, 2.05) is 0 Å². The van der Waals surface area contributed by atoms with Crippen molar-refractivity contribution in [3.63, 3.8) is 0 Å². The number of aryl methyl sites for hydroxylation is 5. The highest BCUT2D eigenvalue weighted by atomic mass is 14.9. The van der Waals surface area contributed by atoms with E-state index >= 15 is 0 Å². The van der Waals surface area contributed by atoms with Crippen molar-refractivity contribution in [3.05, 3.63) is 52.7 Å². The minimum atomic E-state index is 1.09. The molecule has 0 aliphatic rings. The highest BCUT2D eigenvalue weighted by Crippen LogP contribution is 2.24. The molecule has 0 saturated heterocycles. The molecule has 0 fully saturated rings. The number of aromatic nitrogens is 1. The number of rotatable bonds is 2. The fourth-order valence-corrected chi connectivity index (χ4v) is 2.58. The number of benzene rings is 1. The van der Waals surface area contributed by atoms with Crippen molar-refractivity contribution in [2.75, 3.05) is 0 Å². The standard InChI is InChI=1S/C17H22N/c1-6-15-10-16(14(4)9-13(15)3)17-8-7-12(2)11-18(17)5/h7-11H,6H2,1-5H3/q+1. The molecule has 1 heterocycles. The Morgan fingerprint density at radius 2 is 1.72 bits per heavy atom. The largest absolute Gasteiger partial charge is 0.212 e. The van der Waals surface area contributed by atoms with Crippen LogP contribution in [0.5, 0.6) is 0 Å². The van der Waals surface area contributed by atoms with Crippen molar-refractivity contribution in [2.24, 2.45) is 7.05 Å². The van der Waals surface area contributed by atoms with E-state index in [0.717, 1.165) is 6.42 Å². The molecule has 18 heavy (non-hydrogen) atoms. The summed E-state index contributed by atoms with van der Waals surface area (Å²) in [7, 11) is 2.12. The molecule has 1 aromatic heterocycles. The van der Waals surface area contributed by atoms with Crippen molar-refractivity contribution >= 4 is 0 Å². The maximum Gasteiger partial charge on any atom is 0.212 e. The molecule has 0 spiro atoms. The lowest BCUT2D eigenvalue weighted by atomic mass is 9.96. The summed E-state index contributed by atoms with van der Waals surface area (Å²) in [4.78, 5) is 0. The van der Waals surface area contributed by atoms with Crippen LogP contribution >= 0.6 is 0 Å². The first-order valence-corrected chi connectivity index (χ1v) is 6.59. The summed E-state index contributed by atoms with van der Waals surface area (Å²) < 4.78 is 2.21. The third kappa shape index (κ3) is 2.31. The van der Waals surface area contributed by atoms with Crippen molar-refractivity contribution in [1.82, 2.24) is 0 Å². The Labute approximate surface area is 110 Å². The minimum absolute atomic E-state index is 1.09. The minimum Gasteiger partial charge on any atom is -0.201 e. The van der Waals surface area contributed by atoms with Gasteiger partial charge in [0.25, 0.3) is 0 Å². The number of pyridine rings is 1. The zero-order chi connectivity index (χ0) is 13.3. The zero-order valence-electron chi connectivity index (χ0n) is 12.0. The summed E-state index contributed by atoms with van der Waals surface area (Å²) in [6, 6.07) is 9.04. The Morgan fingerprint density at radius 1 is 1.00 bits per heavy atom. The van der Waals surface area contributed by atoms with Crippen LogP contribution in [0, 0.1) is 20.8 Å². The summed E-state index contributed by atoms with van der Waals surface area (Å²) in [6.45, 7) is 8.74.